The number of piperidine rings is 1. The summed E-state index contributed by atoms with van der Waals surface area (Å²) in [6.45, 7) is 8.58. The second-order valence-corrected chi connectivity index (χ2v) is 7.54. The Labute approximate surface area is 154 Å². The smallest absolute Gasteiger partial charge is 0.255 e. The number of hydrogen-bond acceptors (Lipinski definition) is 3. The predicted octanol–water partition coefficient (Wildman–Crippen LogP) is 4.45. The number of nitrogens with one attached hydrogen (secondary N) is 1. The first kappa shape index (κ1) is 18.2. The highest BCUT2D eigenvalue weighted by molar-refractivity contribution is 6.06. The highest BCUT2D eigenvalue weighted by Crippen LogP contribution is 2.33. The van der Waals surface area contributed by atoms with E-state index in [1.54, 1.807) is 0 Å². The molecule has 2 atom stereocenters. The molecule has 1 saturated heterocycles. The number of halogens is 1. The molecule has 0 aliphatic carbocycles. The van der Waals surface area contributed by atoms with Crippen LogP contribution in [0.2, 0.25) is 0 Å². The van der Waals surface area contributed by atoms with Crippen molar-refractivity contribution in [3.05, 3.63) is 53.3 Å². The van der Waals surface area contributed by atoms with Gasteiger partial charge in [-0.2, -0.15) is 0 Å². The number of carbonyl (C=O) groups is 1. The average Bonchev–Trinajstić information content (AvgIpc) is 2.57. The van der Waals surface area contributed by atoms with Gasteiger partial charge in [-0.25, -0.2) is 4.39 Å². The minimum absolute atomic E-state index is 0.299. The van der Waals surface area contributed by atoms with Crippen LogP contribution in [0.5, 0.6) is 0 Å². The minimum Gasteiger partial charge on any atom is -0.397 e. The van der Waals surface area contributed by atoms with E-state index in [2.05, 4.69) is 24.1 Å². The van der Waals surface area contributed by atoms with E-state index in [9.17, 15) is 9.18 Å². The SMILES string of the molecule is Cc1cc(N)c(NC(=O)c2ccc(F)cc2)cc1N1C[C@@H](C)C[C@H](C)C1. The standard InChI is InChI=1S/C21H26FN3O/c1-13-8-14(2)12-25(11-13)20-10-19(18(23)9-15(20)3)24-21(26)16-4-6-17(22)7-5-16/h4-7,9-10,13-14H,8,11-12,23H2,1-3H3,(H,24,26)/t13-,14-/m0/s1. The molecule has 0 radical (unpaired) electrons. The third-order valence-corrected chi connectivity index (χ3v) is 4.93. The number of hydrogen-bond donors (Lipinski definition) is 2. The number of anilines is 3. The van der Waals surface area contributed by atoms with Crippen molar-refractivity contribution >= 4 is 23.0 Å². The van der Waals surface area contributed by atoms with Crippen molar-refractivity contribution < 1.29 is 9.18 Å². The summed E-state index contributed by atoms with van der Waals surface area (Å²) in [5.41, 5.74) is 9.85. The van der Waals surface area contributed by atoms with Crippen molar-refractivity contribution in [2.75, 3.05) is 29.0 Å². The summed E-state index contributed by atoms with van der Waals surface area (Å²) in [6.07, 6.45) is 1.23. The highest BCUT2D eigenvalue weighted by atomic mass is 19.1. The first-order valence-corrected chi connectivity index (χ1v) is 9.05. The maximum Gasteiger partial charge on any atom is 0.255 e. The first-order chi connectivity index (χ1) is 12.3. The Bertz CT molecular complexity index is 794. The lowest BCUT2D eigenvalue weighted by molar-refractivity contribution is 0.102. The van der Waals surface area contributed by atoms with Gasteiger partial charge in [0.2, 0.25) is 0 Å². The molecular weight excluding hydrogens is 329 g/mol. The van der Waals surface area contributed by atoms with Crippen molar-refractivity contribution in [2.24, 2.45) is 11.8 Å². The molecular formula is C21H26FN3O. The van der Waals surface area contributed by atoms with E-state index in [1.165, 1.54) is 30.7 Å². The molecule has 0 aromatic heterocycles. The molecule has 5 heteroatoms. The molecule has 0 bridgehead atoms. The zero-order valence-electron chi connectivity index (χ0n) is 15.6. The van der Waals surface area contributed by atoms with Crippen LogP contribution in [0.25, 0.3) is 0 Å². The number of nitrogen functional groups attached to an aromatic ring is 1. The van der Waals surface area contributed by atoms with Crippen LogP contribution in [-0.2, 0) is 0 Å². The van der Waals surface area contributed by atoms with Crippen LogP contribution in [0, 0.1) is 24.6 Å². The van der Waals surface area contributed by atoms with E-state index in [1.807, 2.05) is 19.1 Å². The second kappa shape index (κ2) is 7.36. The summed E-state index contributed by atoms with van der Waals surface area (Å²) in [6, 6.07) is 9.33. The molecule has 1 fully saturated rings. The number of nitrogens with zero attached hydrogens (tertiary/aromatic N) is 1. The molecule has 0 spiro atoms. The molecule has 3 rings (SSSR count). The maximum atomic E-state index is 13.1. The van der Waals surface area contributed by atoms with Crippen LogP contribution in [0.1, 0.15) is 36.2 Å². The van der Waals surface area contributed by atoms with Gasteiger partial charge in [0.1, 0.15) is 5.82 Å². The van der Waals surface area contributed by atoms with Crippen molar-refractivity contribution in [1.29, 1.82) is 0 Å². The zero-order valence-corrected chi connectivity index (χ0v) is 15.6. The topological polar surface area (TPSA) is 58.4 Å². The number of benzene rings is 2. The molecule has 1 aliphatic rings. The molecule has 0 saturated carbocycles. The number of aryl methyl sites for hydroxylation is 1. The number of rotatable bonds is 3. The Kier molecular flexibility index (Phi) is 5.16. The van der Waals surface area contributed by atoms with E-state index < -0.39 is 0 Å². The Morgan fingerprint density at radius 2 is 1.77 bits per heavy atom. The van der Waals surface area contributed by atoms with Gasteiger partial charge in [0.25, 0.3) is 5.91 Å². The number of amides is 1. The fourth-order valence-electron chi connectivity index (χ4n) is 3.82. The van der Waals surface area contributed by atoms with Gasteiger partial charge >= 0.3 is 0 Å². The summed E-state index contributed by atoms with van der Waals surface area (Å²) in [5.74, 6) is 0.597. The molecule has 2 aromatic rings. The average molecular weight is 355 g/mol. The van der Waals surface area contributed by atoms with Gasteiger partial charge in [-0.15, -0.1) is 0 Å². The monoisotopic (exact) mass is 355 g/mol. The fraction of sp³-hybridized carbons (Fsp3) is 0.381. The second-order valence-electron chi connectivity index (χ2n) is 7.54. The van der Waals surface area contributed by atoms with Gasteiger partial charge in [-0.1, -0.05) is 13.8 Å². The normalized spacial score (nSPS) is 20.1. The van der Waals surface area contributed by atoms with Crippen molar-refractivity contribution in [3.8, 4) is 0 Å². The highest BCUT2D eigenvalue weighted by Gasteiger charge is 2.24. The first-order valence-electron chi connectivity index (χ1n) is 9.05. The fourth-order valence-corrected chi connectivity index (χ4v) is 3.82. The maximum absolute atomic E-state index is 13.1. The predicted molar refractivity (Wildman–Crippen MR) is 105 cm³/mol. The molecule has 1 amide bonds. The summed E-state index contributed by atoms with van der Waals surface area (Å²) in [4.78, 5) is 14.8. The molecule has 138 valence electrons. The Morgan fingerprint density at radius 3 is 2.38 bits per heavy atom. The largest absolute Gasteiger partial charge is 0.397 e. The molecule has 1 aliphatic heterocycles. The van der Waals surface area contributed by atoms with E-state index in [0.717, 1.165) is 24.3 Å². The summed E-state index contributed by atoms with van der Waals surface area (Å²) < 4.78 is 13.1. The van der Waals surface area contributed by atoms with Gasteiger partial charge in [0, 0.05) is 24.3 Å². The van der Waals surface area contributed by atoms with Crippen molar-refractivity contribution in [3.63, 3.8) is 0 Å². The van der Waals surface area contributed by atoms with Gasteiger partial charge in [-0.3, -0.25) is 4.79 Å². The van der Waals surface area contributed by atoms with E-state index in [4.69, 9.17) is 5.73 Å². The molecule has 3 N–H and O–H groups in total. The van der Waals surface area contributed by atoms with Crippen LogP contribution < -0.4 is 16.0 Å². The Morgan fingerprint density at radius 1 is 1.15 bits per heavy atom. The van der Waals surface area contributed by atoms with E-state index >= 15 is 0 Å². The number of carbonyl (C=O) groups excluding carboxylic acids is 1. The molecule has 26 heavy (non-hydrogen) atoms. The van der Waals surface area contributed by atoms with Gasteiger partial charge in [0.05, 0.1) is 11.4 Å². The van der Waals surface area contributed by atoms with E-state index in [-0.39, 0.29) is 11.7 Å². The third kappa shape index (κ3) is 3.98. The van der Waals surface area contributed by atoms with Crippen molar-refractivity contribution in [2.45, 2.75) is 27.2 Å². The van der Waals surface area contributed by atoms with Gasteiger partial charge in [0.15, 0.2) is 0 Å². The van der Waals surface area contributed by atoms with Crippen LogP contribution in [0.3, 0.4) is 0 Å². The van der Waals surface area contributed by atoms with Crippen LogP contribution in [-0.4, -0.2) is 19.0 Å². The quantitative estimate of drug-likeness (QED) is 0.800. The summed E-state index contributed by atoms with van der Waals surface area (Å²) in [7, 11) is 0. The summed E-state index contributed by atoms with van der Waals surface area (Å²) in [5, 5.41) is 2.86. The Hall–Kier alpha value is -2.56. The lowest BCUT2D eigenvalue weighted by Crippen LogP contribution is -2.39. The third-order valence-electron chi connectivity index (χ3n) is 4.93. The summed E-state index contributed by atoms with van der Waals surface area (Å²) >= 11 is 0. The Balaban J connectivity index is 1.86. The van der Waals surface area contributed by atoms with Crippen LogP contribution >= 0.6 is 0 Å². The lowest BCUT2D eigenvalue weighted by Gasteiger charge is -2.37. The molecule has 0 unspecified atom stereocenters. The van der Waals surface area contributed by atoms with Gasteiger partial charge < -0.3 is 16.0 Å². The lowest BCUT2D eigenvalue weighted by atomic mass is 9.91. The van der Waals surface area contributed by atoms with Gasteiger partial charge in [-0.05, 0) is 67.1 Å². The van der Waals surface area contributed by atoms with E-state index in [0.29, 0.717) is 28.8 Å². The molecule has 1 heterocycles. The van der Waals surface area contributed by atoms with Crippen LogP contribution in [0.15, 0.2) is 36.4 Å². The zero-order chi connectivity index (χ0) is 18.8. The number of nitrogens with two attached hydrogens (primary N) is 1. The van der Waals surface area contributed by atoms with Crippen LogP contribution in [0.4, 0.5) is 21.5 Å². The molecule has 4 nitrogen and oxygen atoms in total. The molecule has 2 aromatic carbocycles. The van der Waals surface area contributed by atoms with Crippen molar-refractivity contribution in [1.82, 2.24) is 0 Å². The minimum atomic E-state index is -0.368.